The molecule has 1 atom stereocenters. The molecule has 1 rings (SSSR count). The van der Waals surface area contributed by atoms with Gasteiger partial charge in [0.2, 0.25) is 0 Å². The zero-order chi connectivity index (χ0) is 9.68. The molecule has 0 aliphatic rings. The second kappa shape index (κ2) is 4.43. The third-order valence-electron chi connectivity index (χ3n) is 1.64. The van der Waals surface area contributed by atoms with Crippen LogP contribution in [-0.2, 0) is 0 Å². The Kier molecular flexibility index (Phi) is 3.23. The zero-order valence-corrected chi connectivity index (χ0v) is 7.49. The molecule has 0 spiro atoms. The minimum absolute atomic E-state index is 0.168. The molecule has 1 aromatic rings. The van der Waals surface area contributed by atoms with Crippen molar-refractivity contribution in [2.75, 3.05) is 11.9 Å². The van der Waals surface area contributed by atoms with Crippen LogP contribution in [0.1, 0.15) is 12.5 Å². The summed E-state index contributed by atoms with van der Waals surface area (Å²) in [6.07, 6.45) is 1.60. The van der Waals surface area contributed by atoms with E-state index >= 15 is 0 Å². The van der Waals surface area contributed by atoms with Gasteiger partial charge in [0.1, 0.15) is 5.82 Å². The minimum Gasteiger partial charge on any atom is -0.366 e. The van der Waals surface area contributed by atoms with Crippen molar-refractivity contribution in [3.8, 4) is 6.07 Å². The highest BCUT2D eigenvalue weighted by Crippen LogP contribution is 2.06. The lowest BCUT2D eigenvalue weighted by Crippen LogP contribution is -2.25. The molecule has 1 unspecified atom stereocenters. The van der Waals surface area contributed by atoms with Gasteiger partial charge in [-0.3, -0.25) is 0 Å². The molecule has 0 aromatic carbocycles. The summed E-state index contributed by atoms with van der Waals surface area (Å²) in [5.74, 6) is 0.692. The molecule has 0 fully saturated rings. The maximum atomic E-state index is 8.62. The Labute approximate surface area is 77.4 Å². The molecule has 0 amide bonds. The molecular weight excluding hydrogens is 164 g/mol. The maximum Gasteiger partial charge on any atom is 0.127 e. The van der Waals surface area contributed by atoms with Gasteiger partial charge in [-0.15, -0.1) is 0 Å². The van der Waals surface area contributed by atoms with E-state index in [1.165, 1.54) is 0 Å². The first-order chi connectivity index (χ1) is 6.26. The summed E-state index contributed by atoms with van der Waals surface area (Å²) in [6.45, 7) is 2.50. The molecule has 0 saturated carbocycles. The molecule has 3 N–H and O–H groups in total. The number of hydrogen-bond acceptors (Lipinski definition) is 4. The molecule has 68 valence electrons. The highest BCUT2D eigenvalue weighted by molar-refractivity contribution is 5.42. The average Bonchev–Trinajstić information content (AvgIpc) is 2.18. The summed E-state index contributed by atoms with van der Waals surface area (Å²) in [5.41, 5.74) is 6.03. The maximum absolute atomic E-state index is 8.62. The Morgan fingerprint density at radius 2 is 2.54 bits per heavy atom. The number of nitrogens with zero attached hydrogens (tertiary/aromatic N) is 2. The summed E-state index contributed by atoms with van der Waals surface area (Å²) in [5, 5.41) is 11.7. The van der Waals surface area contributed by atoms with Gasteiger partial charge >= 0.3 is 0 Å². The van der Waals surface area contributed by atoms with Crippen LogP contribution >= 0.6 is 0 Å². The fraction of sp³-hybridized carbons (Fsp3) is 0.333. The van der Waals surface area contributed by atoms with Crippen molar-refractivity contribution in [3.05, 3.63) is 23.9 Å². The Hall–Kier alpha value is -1.60. The Morgan fingerprint density at radius 1 is 1.77 bits per heavy atom. The Balaban J connectivity index is 2.73. The van der Waals surface area contributed by atoms with Crippen LogP contribution in [0.2, 0.25) is 0 Å². The third-order valence-corrected chi connectivity index (χ3v) is 1.64. The van der Waals surface area contributed by atoms with Crippen molar-refractivity contribution in [1.82, 2.24) is 4.98 Å². The summed E-state index contributed by atoms with van der Waals surface area (Å²) >= 11 is 0. The van der Waals surface area contributed by atoms with Crippen LogP contribution in [0.4, 0.5) is 5.82 Å². The molecule has 0 aliphatic carbocycles. The predicted molar refractivity (Wildman–Crippen MR) is 51.1 cm³/mol. The van der Waals surface area contributed by atoms with Crippen molar-refractivity contribution in [3.63, 3.8) is 0 Å². The standard InChI is InChI=1S/C9H12N4/c1-7(5-10)13-9-4-8(6-11)2-3-12-9/h2-4,7H,5,10H2,1H3,(H,12,13). The minimum atomic E-state index is 0.168. The van der Waals surface area contributed by atoms with Crippen LogP contribution in [0.3, 0.4) is 0 Å². The lowest BCUT2D eigenvalue weighted by Gasteiger charge is -2.11. The number of rotatable bonds is 3. The van der Waals surface area contributed by atoms with Crippen LogP contribution in [0.25, 0.3) is 0 Å². The number of nitrogens with one attached hydrogen (secondary N) is 1. The van der Waals surface area contributed by atoms with Gasteiger partial charge in [-0.25, -0.2) is 4.98 Å². The summed E-state index contributed by atoms with van der Waals surface area (Å²) in [7, 11) is 0. The monoisotopic (exact) mass is 176 g/mol. The van der Waals surface area contributed by atoms with Crippen LogP contribution < -0.4 is 11.1 Å². The normalized spacial score (nSPS) is 11.8. The SMILES string of the molecule is CC(CN)Nc1cc(C#N)ccn1. The largest absolute Gasteiger partial charge is 0.366 e. The lowest BCUT2D eigenvalue weighted by molar-refractivity contribution is 0.798. The number of hydrogen-bond donors (Lipinski definition) is 2. The van der Waals surface area contributed by atoms with Crippen LogP contribution in [0.15, 0.2) is 18.3 Å². The van der Waals surface area contributed by atoms with E-state index in [2.05, 4.69) is 10.3 Å². The molecule has 0 bridgehead atoms. The lowest BCUT2D eigenvalue weighted by atomic mass is 10.2. The fourth-order valence-electron chi connectivity index (χ4n) is 0.890. The van der Waals surface area contributed by atoms with Crippen molar-refractivity contribution >= 4 is 5.82 Å². The van der Waals surface area contributed by atoms with E-state index in [1.807, 2.05) is 13.0 Å². The van der Waals surface area contributed by atoms with Gasteiger partial charge in [0.05, 0.1) is 11.6 Å². The van der Waals surface area contributed by atoms with E-state index < -0.39 is 0 Å². The third kappa shape index (κ3) is 2.73. The zero-order valence-electron chi connectivity index (χ0n) is 7.49. The summed E-state index contributed by atoms with van der Waals surface area (Å²) in [4.78, 5) is 4.06. The quantitative estimate of drug-likeness (QED) is 0.711. The number of nitrogens with two attached hydrogens (primary N) is 1. The molecule has 0 radical (unpaired) electrons. The number of aromatic nitrogens is 1. The van der Waals surface area contributed by atoms with Crippen molar-refractivity contribution in [2.24, 2.45) is 5.73 Å². The van der Waals surface area contributed by atoms with Crippen molar-refractivity contribution < 1.29 is 0 Å². The first-order valence-corrected chi connectivity index (χ1v) is 4.09. The van der Waals surface area contributed by atoms with Crippen molar-refractivity contribution in [1.29, 1.82) is 5.26 Å². The van der Waals surface area contributed by atoms with Gasteiger partial charge in [-0.1, -0.05) is 0 Å². The highest BCUT2D eigenvalue weighted by atomic mass is 15.0. The van der Waals surface area contributed by atoms with Crippen molar-refractivity contribution in [2.45, 2.75) is 13.0 Å². The van der Waals surface area contributed by atoms with Gasteiger partial charge < -0.3 is 11.1 Å². The molecule has 0 saturated heterocycles. The van der Waals surface area contributed by atoms with Gasteiger partial charge in [0, 0.05) is 18.8 Å². The number of pyridine rings is 1. The smallest absolute Gasteiger partial charge is 0.127 e. The second-order valence-electron chi connectivity index (χ2n) is 2.82. The van der Waals surface area contributed by atoms with E-state index in [9.17, 15) is 0 Å². The van der Waals surface area contributed by atoms with Gasteiger partial charge in [-0.05, 0) is 19.1 Å². The van der Waals surface area contributed by atoms with E-state index in [1.54, 1.807) is 18.3 Å². The summed E-state index contributed by atoms with van der Waals surface area (Å²) in [6, 6.07) is 5.58. The topological polar surface area (TPSA) is 74.7 Å². The highest BCUT2D eigenvalue weighted by Gasteiger charge is 2.00. The number of nitriles is 1. The summed E-state index contributed by atoms with van der Waals surface area (Å²) < 4.78 is 0. The van der Waals surface area contributed by atoms with Crippen LogP contribution in [0.5, 0.6) is 0 Å². The van der Waals surface area contributed by atoms with Gasteiger partial charge in [-0.2, -0.15) is 5.26 Å². The molecule has 4 nitrogen and oxygen atoms in total. The number of anilines is 1. The van der Waals surface area contributed by atoms with E-state index in [-0.39, 0.29) is 6.04 Å². The first-order valence-electron chi connectivity index (χ1n) is 4.09. The van der Waals surface area contributed by atoms with E-state index in [0.29, 0.717) is 17.9 Å². The van der Waals surface area contributed by atoms with E-state index in [4.69, 9.17) is 11.0 Å². The molecule has 4 heteroatoms. The molecule has 1 aromatic heterocycles. The first kappa shape index (κ1) is 9.49. The Bertz CT molecular complexity index is 316. The predicted octanol–water partition coefficient (Wildman–Crippen LogP) is 0.712. The van der Waals surface area contributed by atoms with E-state index in [0.717, 1.165) is 0 Å². The molecule has 13 heavy (non-hydrogen) atoms. The molecular formula is C9H12N4. The molecule has 0 aliphatic heterocycles. The second-order valence-corrected chi connectivity index (χ2v) is 2.82. The van der Waals surface area contributed by atoms with Crippen LogP contribution in [0, 0.1) is 11.3 Å². The molecule has 1 heterocycles. The fourth-order valence-corrected chi connectivity index (χ4v) is 0.890. The van der Waals surface area contributed by atoms with Gasteiger partial charge in [0.15, 0.2) is 0 Å². The van der Waals surface area contributed by atoms with Crippen LogP contribution in [-0.4, -0.2) is 17.6 Å². The average molecular weight is 176 g/mol. The van der Waals surface area contributed by atoms with Gasteiger partial charge in [0.25, 0.3) is 0 Å². The Morgan fingerprint density at radius 3 is 3.15 bits per heavy atom.